The molecule has 0 unspecified atom stereocenters. The van der Waals surface area contributed by atoms with E-state index in [1.165, 1.54) is 0 Å². The van der Waals surface area contributed by atoms with E-state index >= 15 is 0 Å². The van der Waals surface area contributed by atoms with Crippen molar-refractivity contribution in [3.8, 4) is 17.6 Å². The van der Waals surface area contributed by atoms with Crippen molar-refractivity contribution in [1.82, 2.24) is 15.3 Å². The molecule has 2 N–H and O–H groups in total. The number of fused-ring (bicyclic) bond motifs is 1. The van der Waals surface area contributed by atoms with Gasteiger partial charge in [-0.25, -0.2) is 4.98 Å². The fraction of sp³-hybridized carbons (Fsp3) is 0.150. The Labute approximate surface area is 156 Å². The van der Waals surface area contributed by atoms with Gasteiger partial charge in [0, 0.05) is 29.9 Å². The zero-order chi connectivity index (χ0) is 19.2. The van der Waals surface area contributed by atoms with Gasteiger partial charge in [-0.05, 0) is 35.9 Å². The van der Waals surface area contributed by atoms with Gasteiger partial charge in [0.2, 0.25) is 0 Å². The molecule has 2 heterocycles. The lowest BCUT2D eigenvalue weighted by Crippen LogP contribution is -2.24. The molecule has 0 bridgehead atoms. The summed E-state index contributed by atoms with van der Waals surface area (Å²) in [6.45, 7) is 0.258. The minimum atomic E-state index is -0.453. The van der Waals surface area contributed by atoms with Gasteiger partial charge in [0.05, 0.1) is 14.2 Å². The molecule has 0 saturated carbocycles. The average molecular weight is 362 g/mol. The zero-order valence-corrected chi connectivity index (χ0v) is 14.9. The number of aromatic amines is 1. The third-order valence-corrected chi connectivity index (χ3v) is 4.05. The number of aromatic nitrogens is 2. The normalized spacial score (nSPS) is 11.1. The van der Waals surface area contributed by atoms with Crippen LogP contribution < -0.4 is 14.8 Å². The summed E-state index contributed by atoms with van der Waals surface area (Å²) in [5, 5.41) is 13.0. The molecule has 0 aliphatic rings. The number of nitrogens with one attached hydrogen (secondary N) is 2. The Morgan fingerprint density at radius 2 is 2.11 bits per heavy atom. The van der Waals surface area contributed by atoms with E-state index in [0.717, 1.165) is 16.5 Å². The topological polar surface area (TPSA) is 100 Å². The molecule has 0 fully saturated rings. The predicted molar refractivity (Wildman–Crippen MR) is 101 cm³/mol. The van der Waals surface area contributed by atoms with Crippen LogP contribution in [0.5, 0.6) is 11.5 Å². The van der Waals surface area contributed by atoms with Gasteiger partial charge in [-0.2, -0.15) is 5.26 Å². The smallest absolute Gasteiger partial charge is 0.262 e. The molecule has 2 aromatic heterocycles. The van der Waals surface area contributed by atoms with Gasteiger partial charge in [0.25, 0.3) is 5.91 Å². The fourth-order valence-electron chi connectivity index (χ4n) is 2.67. The number of carbonyl (C=O) groups excluding carboxylic acids is 1. The molecule has 0 atom stereocenters. The zero-order valence-electron chi connectivity index (χ0n) is 14.9. The van der Waals surface area contributed by atoms with Crippen LogP contribution in [0.1, 0.15) is 11.1 Å². The second-order valence-electron chi connectivity index (χ2n) is 5.69. The Kier molecular flexibility index (Phi) is 5.38. The molecule has 7 heteroatoms. The quantitative estimate of drug-likeness (QED) is 0.519. The average Bonchev–Trinajstić information content (AvgIpc) is 3.12. The number of methoxy groups -OCH3 is 2. The maximum Gasteiger partial charge on any atom is 0.262 e. The summed E-state index contributed by atoms with van der Waals surface area (Å²) in [6.07, 6.45) is 4.94. The summed E-state index contributed by atoms with van der Waals surface area (Å²) in [6, 6.07) is 11.0. The van der Waals surface area contributed by atoms with Crippen molar-refractivity contribution in [1.29, 1.82) is 5.26 Å². The molecule has 0 saturated heterocycles. The molecule has 0 radical (unpaired) electrons. The molecule has 27 heavy (non-hydrogen) atoms. The highest BCUT2D eigenvalue weighted by Gasteiger charge is 2.12. The largest absolute Gasteiger partial charge is 0.493 e. The SMILES string of the molecule is COc1ccc(CNC(=O)/C(C#N)=C/c2c[nH]c3ncccc23)cc1OC. The first-order chi connectivity index (χ1) is 13.2. The Balaban J connectivity index is 1.75. The number of rotatable bonds is 6. The highest BCUT2D eigenvalue weighted by molar-refractivity contribution is 6.03. The van der Waals surface area contributed by atoms with Crippen LogP contribution in [-0.4, -0.2) is 30.1 Å². The number of amides is 1. The number of hydrogen-bond donors (Lipinski definition) is 2. The minimum absolute atomic E-state index is 0.0141. The number of ether oxygens (including phenoxy) is 2. The molecule has 0 spiro atoms. The van der Waals surface area contributed by atoms with E-state index in [-0.39, 0.29) is 12.1 Å². The second-order valence-corrected chi connectivity index (χ2v) is 5.69. The van der Waals surface area contributed by atoms with Crippen LogP contribution >= 0.6 is 0 Å². The van der Waals surface area contributed by atoms with Gasteiger partial charge in [-0.15, -0.1) is 0 Å². The Hall–Kier alpha value is -3.79. The van der Waals surface area contributed by atoms with Crippen molar-refractivity contribution >= 4 is 23.0 Å². The minimum Gasteiger partial charge on any atom is -0.493 e. The molecular formula is C20H18N4O3. The van der Waals surface area contributed by atoms with Crippen LogP contribution in [0.4, 0.5) is 0 Å². The number of benzene rings is 1. The van der Waals surface area contributed by atoms with Gasteiger partial charge in [0.1, 0.15) is 17.3 Å². The monoisotopic (exact) mass is 362 g/mol. The molecule has 3 rings (SSSR count). The van der Waals surface area contributed by atoms with Gasteiger partial charge in [-0.1, -0.05) is 6.07 Å². The van der Waals surface area contributed by atoms with Crippen LogP contribution in [0, 0.1) is 11.3 Å². The molecular weight excluding hydrogens is 344 g/mol. The maximum absolute atomic E-state index is 12.4. The summed E-state index contributed by atoms with van der Waals surface area (Å²) in [4.78, 5) is 19.6. The molecule has 1 amide bonds. The maximum atomic E-state index is 12.4. The lowest BCUT2D eigenvalue weighted by molar-refractivity contribution is -0.117. The molecule has 3 aromatic rings. The molecule has 136 valence electrons. The Morgan fingerprint density at radius 1 is 1.30 bits per heavy atom. The molecule has 1 aromatic carbocycles. The van der Waals surface area contributed by atoms with E-state index in [1.54, 1.807) is 50.9 Å². The number of carbonyl (C=O) groups is 1. The second kappa shape index (κ2) is 8.06. The van der Waals surface area contributed by atoms with Gasteiger partial charge >= 0.3 is 0 Å². The summed E-state index contributed by atoms with van der Waals surface area (Å²) in [5.74, 6) is 0.732. The fourth-order valence-corrected chi connectivity index (χ4v) is 2.67. The van der Waals surface area contributed by atoms with Crippen LogP contribution in [0.15, 0.2) is 48.3 Å². The van der Waals surface area contributed by atoms with Crippen LogP contribution in [0.25, 0.3) is 17.1 Å². The van der Waals surface area contributed by atoms with Crippen molar-refractivity contribution in [3.05, 3.63) is 59.4 Å². The van der Waals surface area contributed by atoms with E-state index in [4.69, 9.17) is 9.47 Å². The van der Waals surface area contributed by atoms with E-state index in [1.807, 2.05) is 18.2 Å². The van der Waals surface area contributed by atoms with Crippen LogP contribution in [0.3, 0.4) is 0 Å². The Morgan fingerprint density at radius 3 is 2.85 bits per heavy atom. The Bertz CT molecular complexity index is 1050. The van der Waals surface area contributed by atoms with Crippen molar-refractivity contribution in [2.75, 3.05) is 14.2 Å². The molecule has 0 aliphatic heterocycles. The predicted octanol–water partition coefficient (Wildman–Crippen LogP) is 2.80. The lowest BCUT2D eigenvalue weighted by atomic mass is 10.1. The highest BCUT2D eigenvalue weighted by Crippen LogP contribution is 2.27. The standard InChI is InChI=1S/C20H18N4O3/c1-26-17-6-5-13(8-18(17)27-2)11-24-20(25)14(10-21)9-15-12-23-19-16(15)4-3-7-22-19/h3-9,12H,11H2,1-2H3,(H,22,23)(H,24,25)/b14-9+. The van der Waals surface area contributed by atoms with Crippen molar-refractivity contribution in [3.63, 3.8) is 0 Å². The van der Waals surface area contributed by atoms with Gasteiger partial charge in [0.15, 0.2) is 11.5 Å². The van der Waals surface area contributed by atoms with Crippen molar-refractivity contribution < 1.29 is 14.3 Å². The van der Waals surface area contributed by atoms with Crippen molar-refractivity contribution in [2.45, 2.75) is 6.54 Å². The number of H-pyrrole nitrogens is 1. The van der Waals surface area contributed by atoms with Crippen molar-refractivity contribution in [2.24, 2.45) is 0 Å². The van der Waals surface area contributed by atoms with E-state index in [0.29, 0.717) is 17.1 Å². The van der Waals surface area contributed by atoms with Gasteiger partial charge < -0.3 is 19.8 Å². The number of pyridine rings is 1. The summed E-state index contributed by atoms with van der Waals surface area (Å²) < 4.78 is 10.4. The third kappa shape index (κ3) is 3.90. The molecule has 0 aliphatic carbocycles. The lowest BCUT2D eigenvalue weighted by Gasteiger charge is -2.10. The van der Waals surface area contributed by atoms with Crippen LogP contribution in [0.2, 0.25) is 0 Å². The van der Waals surface area contributed by atoms with E-state index < -0.39 is 5.91 Å². The number of nitriles is 1. The molecule has 7 nitrogen and oxygen atoms in total. The summed E-state index contributed by atoms with van der Waals surface area (Å²) >= 11 is 0. The number of hydrogen-bond acceptors (Lipinski definition) is 5. The van der Waals surface area contributed by atoms with Crippen LogP contribution in [-0.2, 0) is 11.3 Å². The third-order valence-electron chi connectivity index (χ3n) is 4.05. The van der Waals surface area contributed by atoms with E-state index in [2.05, 4.69) is 15.3 Å². The highest BCUT2D eigenvalue weighted by atomic mass is 16.5. The van der Waals surface area contributed by atoms with Gasteiger partial charge in [-0.3, -0.25) is 4.79 Å². The van der Waals surface area contributed by atoms with E-state index in [9.17, 15) is 10.1 Å². The first-order valence-electron chi connectivity index (χ1n) is 8.19. The first-order valence-corrected chi connectivity index (χ1v) is 8.19. The number of nitrogens with zero attached hydrogens (tertiary/aromatic N) is 2. The summed E-state index contributed by atoms with van der Waals surface area (Å²) in [5.41, 5.74) is 2.28. The summed E-state index contributed by atoms with van der Waals surface area (Å²) in [7, 11) is 3.11. The first kappa shape index (κ1) is 18.0.